The van der Waals surface area contributed by atoms with E-state index in [-0.39, 0.29) is 5.95 Å². The SMILES string of the molecule is Nc1ncc(N)c(-c2cccc(OCCN3CCCC3)c2)n1. The lowest BCUT2D eigenvalue weighted by molar-refractivity contribution is 0.238. The molecule has 1 aliphatic rings. The molecule has 0 spiro atoms. The molecule has 2 heterocycles. The normalized spacial score (nSPS) is 15.1. The minimum absolute atomic E-state index is 0.213. The molecule has 0 unspecified atom stereocenters. The molecule has 0 atom stereocenters. The van der Waals surface area contributed by atoms with E-state index in [1.54, 1.807) is 0 Å². The van der Waals surface area contributed by atoms with E-state index >= 15 is 0 Å². The summed E-state index contributed by atoms with van der Waals surface area (Å²) in [5.41, 5.74) is 13.6. The van der Waals surface area contributed by atoms with Crippen molar-refractivity contribution in [2.24, 2.45) is 0 Å². The van der Waals surface area contributed by atoms with Crippen LogP contribution < -0.4 is 16.2 Å². The van der Waals surface area contributed by atoms with Gasteiger partial charge >= 0.3 is 0 Å². The molecule has 116 valence electrons. The van der Waals surface area contributed by atoms with Gasteiger partial charge < -0.3 is 16.2 Å². The van der Waals surface area contributed by atoms with Crippen LogP contribution >= 0.6 is 0 Å². The van der Waals surface area contributed by atoms with Gasteiger partial charge in [-0.3, -0.25) is 4.90 Å². The summed E-state index contributed by atoms with van der Waals surface area (Å²) in [5.74, 6) is 1.03. The number of nitrogens with two attached hydrogens (primary N) is 2. The smallest absolute Gasteiger partial charge is 0.220 e. The second kappa shape index (κ2) is 6.62. The van der Waals surface area contributed by atoms with Crippen molar-refractivity contribution in [2.45, 2.75) is 12.8 Å². The first-order valence-electron chi connectivity index (χ1n) is 7.56. The number of hydrogen-bond acceptors (Lipinski definition) is 6. The molecular formula is C16H21N5O. The Morgan fingerprint density at radius 1 is 1.18 bits per heavy atom. The Morgan fingerprint density at radius 3 is 2.82 bits per heavy atom. The van der Waals surface area contributed by atoms with Crippen molar-refractivity contribution in [1.29, 1.82) is 0 Å². The Bertz CT molecular complexity index is 640. The van der Waals surface area contributed by atoms with Gasteiger partial charge in [-0.05, 0) is 38.1 Å². The standard InChI is InChI=1S/C16H21N5O/c17-14-11-19-16(18)20-15(14)12-4-3-5-13(10-12)22-9-8-21-6-1-2-7-21/h3-5,10-11H,1-2,6-9,17H2,(H2,18,19,20). The van der Waals surface area contributed by atoms with Crippen LogP contribution in [0.1, 0.15) is 12.8 Å². The number of nitrogen functional groups attached to an aromatic ring is 2. The molecule has 6 heteroatoms. The van der Waals surface area contributed by atoms with E-state index in [1.807, 2.05) is 24.3 Å². The highest BCUT2D eigenvalue weighted by Gasteiger charge is 2.11. The quantitative estimate of drug-likeness (QED) is 0.874. The van der Waals surface area contributed by atoms with Crippen molar-refractivity contribution < 1.29 is 4.74 Å². The van der Waals surface area contributed by atoms with E-state index in [9.17, 15) is 0 Å². The topological polar surface area (TPSA) is 90.3 Å². The van der Waals surface area contributed by atoms with Crippen LogP contribution in [0.4, 0.5) is 11.6 Å². The molecule has 4 N–H and O–H groups in total. The van der Waals surface area contributed by atoms with Crippen molar-refractivity contribution in [3.8, 4) is 17.0 Å². The van der Waals surface area contributed by atoms with Gasteiger partial charge in [-0.1, -0.05) is 12.1 Å². The fraction of sp³-hybridized carbons (Fsp3) is 0.375. The van der Waals surface area contributed by atoms with Crippen LogP contribution in [0.15, 0.2) is 30.5 Å². The van der Waals surface area contributed by atoms with Crippen molar-refractivity contribution in [3.05, 3.63) is 30.5 Å². The van der Waals surface area contributed by atoms with E-state index in [0.29, 0.717) is 18.0 Å². The molecule has 2 aromatic rings. The molecule has 6 nitrogen and oxygen atoms in total. The van der Waals surface area contributed by atoms with Gasteiger partial charge in [-0.25, -0.2) is 9.97 Å². The van der Waals surface area contributed by atoms with Gasteiger partial charge in [0.2, 0.25) is 5.95 Å². The molecular weight excluding hydrogens is 278 g/mol. The second-order valence-electron chi connectivity index (χ2n) is 5.46. The fourth-order valence-corrected chi connectivity index (χ4v) is 2.67. The third-order valence-corrected chi connectivity index (χ3v) is 3.82. The van der Waals surface area contributed by atoms with Crippen LogP contribution in [0, 0.1) is 0 Å². The van der Waals surface area contributed by atoms with Crippen LogP contribution in [-0.4, -0.2) is 41.1 Å². The Labute approximate surface area is 130 Å². The summed E-state index contributed by atoms with van der Waals surface area (Å²) in [6.45, 7) is 4.01. The highest BCUT2D eigenvalue weighted by Crippen LogP contribution is 2.26. The number of rotatable bonds is 5. The van der Waals surface area contributed by atoms with Gasteiger partial charge in [0.1, 0.15) is 12.4 Å². The zero-order chi connectivity index (χ0) is 15.4. The highest BCUT2D eigenvalue weighted by molar-refractivity contribution is 5.73. The Balaban J connectivity index is 1.68. The summed E-state index contributed by atoms with van der Waals surface area (Å²) in [6, 6.07) is 7.74. The van der Waals surface area contributed by atoms with Gasteiger partial charge in [0.15, 0.2) is 0 Å². The van der Waals surface area contributed by atoms with Gasteiger partial charge in [0.05, 0.1) is 17.6 Å². The summed E-state index contributed by atoms with van der Waals surface area (Å²) in [5, 5.41) is 0. The van der Waals surface area contributed by atoms with Gasteiger partial charge in [-0.15, -0.1) is 0 Å². The van der Waals surface area contributed by atoms with E-state index in [4.69, 9.17) is 16.2 Å². The van der Waals surface area contributed by atoms with Crippen molar-refractivity contribution >= 4 is 11.6 Å². The van der Waals surface area contributed by atoms with Crippen molar-refractivity contribution in [1.82, 2.24) is 14.9 Å². The summed E-state index contributed by atoms with van der Waals surface area (Å²) in [6.07, 6.45) is 4.12. The van der Waals surface area contributed by atoms with Crippen molar-refractivity contribution in [3.63, 3.8) is 0 Å². The molecule has 1 fully saturated rings. The van der Waals surface area contributed by atoms with Crippen molar-refractivity contribution in [2.75, 3.05) is 37.7 Å². The zero-order valence-electron chi connectivity index (χ0n) is 12.5. The Morgan fingerprint density at radius 2 is 2.00 bits per heavy atom. The van der Waals surface area contributed by atoms with Crippen LogP contribution in [0.5, 0.6) is 5.75 Å². The number of ether oxygens (including phenoxy) is 1. The monoisotopic (exact) mass is 299 g/mol. The number of aromatic nitrogens is 2. The molecule has 0 saturated carbocycles. The fourth-order valence-electron chi connectivity index (χ4n) is 2.67. The van der Waals surface area contributed by atoms with E-state index in [0.717, 1.165) is 17.9 Å². The number of anilines is 2. The Kier molecular flexibility index (Phi) is 4.39. The lowest BCUT2D eigenvalue weighted by Crippen LogP contribution is -2.25. The average molecular weight is 299 g/mol. The first kappa shape index (κ1) is 14.6. The molecule has 1 aromatic heterocycles. The lowest BCUT2D eigenvalue weighted by atomic mass is 10.1. The van der Waals surface area contributed by atoms with Crippen LogP contribution in [-0.2, 0) is 0 Å². The maximum absolute atomic E-state index is 5.93. The van der Waals surface area contributed by atoms with E-state index < -0.39 is 0 Å². The maximum atomic E-state index is 5.93. The summed E-state index contributed by atoms with van der Waals surface area (Å²) < 4.78 is 5.84. The van der Waals surface area contributed by atoms with Crippen LogP contribution in [0.2, 0.25) is 0 Å². The minimum Gasteiger partial charge on any atom is -0.492 e. The molecule has 22 heavy (non-hydrogen) atoms. The highest BCUT2D eigenvalue weighted by atomic mass is 16.5. The van der Waals surface area contributed by atoms with Gasteiger partial charge in [-0.2, -0.15) is 0 Å². The first-order chi connectivity index (χ1) is 10.7. The average Bonchev–Trinajstić information content (AvgIpc) is 3.03. The molecule has 3 rings (SSSR count). The van der Waals surface area contributed by atoms with Crippen LogP contribution in [0.25, 0.3) is 11.3 Å². The Hall–Kier alpha value is -2.34. The maximum Gasteiger partial charge on any atom is 0.220 e. The minimum atomic E-state index is 0.213. The predicted molar refractivity (Wildman–Crippen MR) is 87.5 cm³/mol. The number of likely N-dealkylation sites (tertiary alicyclic amines) is 1. The number of hydrogen-bond donors (Lipinski definition) is 2. The molecule has 0 aliphatic carbocycles. The van der Waals surface area contributed by atoms with Gasteiger partial charge in [0, 0.05) is 12.1 Å². The third-order valence-electron chi connectivity index (χ3n) is 3.82. The van der Waals surface area contributed by atoms with Crippen LogP contribution in [0.3, 0.4) is 0 Å². The number of benzene rings is 1. The molecule has 0 amide bonds. The molecule has 1 aliphatic heterocycles. The predicted octanol–water partition coefficient (Wildman–Crippen LogP) is 1.78. The largest absolute Gasteiger partial charge is 0.492 e. The first-order valence-corrected chi connectivity index (χ1v) is 7.56. The zero-order valence-corrected chi connectivity index (χ0v) is 12.5. The second-order valence-corrected chi connectivity index (χ2v) is 5.46. The number of nitrogens with zero attached hydrogens (tertiary/aromatic N) is 3. The summed E-state index contributed by atoms with van der Waals surface area (Å²) >= 11 is 0. The molecule has 0 bridgehead atoms. The summed E-state index contributed by atoms with van der Waals surface area (Å²) in [4.78, 5) is 10.5. The third kappa shape index (κ3) is 3.46. The van der Waals surface area contributed by atoms with Gasteiger partial charge in [0.25, 0.3) is 0 Å². The molecule has 0 radical (unpaired) electrons. The molecule has 1 aromatic carbocycles. The van der Waals surface area contributed by atoms with E-state index in [2.05, 4.69) is 14.9 Å². The molecule has 1 saturated heterocycles. The lowest BCUT2D eigenvalue weighted by Gasteiger charge is -2.15. The van der Waals surface area contributed by atoms with E-state index in [1.165, 1.54) is 32.1 Å². The summed E-state index contributed by atoms with van der Waals surface area (Å²) in [7, 11) is 0.